The zero-order valence-electron chi connectivity index (χ0n) is 13.1. The summed E-state index contributed by atoms with van der Waals surface area (Å²) in [4.78, 5) is 16.5. The van der Waals surface area contributed by atoms with Crippen molar-refractivity contribution in [1.29, 1.82) is 0 Å². The third kappa shape index (κ3) is 3.45. The van der Waals surface area contributed by atoms with E-state index in [9.17, 15) is 4.79 Å². The predicted molar refractivity (Wildman–Crippen MR) is 85.8 cm³/mol. The van der Waals surface area contributed by atoms with Gasteiger partial charge in [0.15, 0.2) is 11.5 Å². The molecule has 0 fully saturated rings. The largest absolute Gasteiger partial charge is 0.350 e. The Kier molecular flexibility index (Phi) is 4.18. The van der Waals surface area contributed by atoms with Gasteiger partial charge in [-0.1, -0.05) is 30.3 Å². The first-order chi connectivity index (χ1) is 11.1. The molecule has 1 aromatic carbocycles. The molecule has 3 rings (SSSR count). The van der Waals surface area contributed by atoms with Gasteiger partial charge in [0.25, 0.3) is 5.91 Å². The number of nitrogens with zero attached hydrogens (tertiary/aromatic N) is 4. The lowest BCUT2D eigenvalue weighted by molar-refractivity contribution is 0.0947. The molecule has 2 aromatic heterocycles. The van der Waals surface area contributed by atoms with E-state index < -0.39 is 0 Å². The summed E-state index contributed by atoms with van der Waals surface area (Å²) in [7, 11) is 1.80. The standard InChI is InChI=1S/C16H18N6O/c1-11-10-22(2)21-14(11)16(23)17-9-8-13-18-15(20-19-13)12-6-4-3-5-7-12/h3-7,10H,8-9H2,1-2H3,(H,17,23)(H,18,19,20). The maximum atomic E-state index is 12.1. The number of benzene rings is 1. The van der Waals surface area contributed by atoms with Crippen molar-refractivity contribution >= 4 is 5.91 Å². The SMILES string of the molecule is Cc1cn(C)nc1C(=O)NCCc1nc(-c2ccccc2)n[nH]1. The molecule has 0 saturated carbocycles. The topological polar surface area (TPSA) is 88.5 Å². The highest BCUT2D eigenvalue weighted by molar-refractivity contribution is 5.93. The minimum atomic E-state index is -0.175. The summed E-state index contributed by atoms with van der Waals surface area (Å²) in [6.07, 6.45) is 2.40. The van der Waals surface area contributed by atoms with Crippen LogP contribution >= 0.6 is 0 Å². The molecule has 0 radical (unpaired) electrons. The van der Waals surface area contributed by atoms with Crippen molar-refractivity contribution in [3.63, 3.8) is 0 Å². The smallest absolute Gasteiger partial charge is 0.272 e. The molecule has 2 heterocycles. The van der Waals surface area contributed by atoms with Crippen LogP contribution in [0.4, 0.5) is 0 Å². The minimum absolute atomic E-state index is 0.175. The van der Waals surface area contributed by atoms with E-state index >= 15 is 0 Å². The lowest BCUT2D eigenvalue weighted by Crippen LogP contribution is -2.27. The Hall–Kier alpha value is -2.96. The van der Waals surface area contributed by atoms with Gasteiger partial charge in [0.2, 0.25) is 0 Å². The number of rotatable bonds is 5. The molecule has 0 unspecified atom stereocenters. The first-order valence-corrected chi connectivity index (χ1v) is 7.38. The summed E-state index contributed by atoms with van der Waals surface area (Å²) in [6.45, 7) is 2.34. The van der Waals surface area contributed by atoms with Crippen LogP contribution in [0, 0.1) is 6.92 Å². The summed E-state index contributed by atoms with van der Waals surface area (Å²) >= 11 is 0. The van der Waals surface area contributed by atoms with Gasteiger partial charge in [0.05, 0.1) is 0 Å². The van der Waals surface area contributed by atoms with Crippen LogP contribution in [0.25, 0.3) is 11.4 Å². The third-order valence-corrected chi connectivity index (χ3v) is 3.44. The second-order valence-corrected chi connectivity index (χ2v) is 5.31. The fraction of sp³-hybridized carbons (Fsp3) is 0.250. The average molecular weight is 310 g/mol. The molecule has 2 N–H and O–H groups in total. The van der Waals surface area contributed by atoms with E-state index in [-0.39, 0.29) is 5.91 Å². The molecule has 0 aliphatic carbocycles. The van der Waals surface area contributed by atoms with Gasteiger partial charge in [-0.25, -0.2) is 4.98 Å². The Morgan fingerprint density at radius 1 is 1.30 bits per heavy atom. The number of amides is 1. The van der Waals surface area contributed by atoms with Gasteiger partial charge < -0.3 is 5.32 Å². The Morgan fingerprint density at radius 3 is 2.78 bits per heavy atom. The molecule has 23 heavy (non-hydrogen) atoms. The summed E-state index contributed by atoms with van der Waals surface area (Å²) in [5, 5.41) is 14.1. The van der Waals surface area contributed by atoms with Gasteiger partial charge in [0.1, 0.15) is 5.82 Å². The molecule has 3 aromatic rings. The van der Waals surface area contributed by atoms with E-state index in [2.05, 4.69) is 25.6 Å². The number of H-pyrrole nitrogens is 1. The maximum Gasteiger partial charge on any atom is 0.272 e. The van der Waals surface area contributed by atoms with Crippen molar-refractivity contribution in [1.82, 2.24) is 30.3 Å². The summed E-state index contributed by atoms with van der Waals surface area (Å²) in [5.74, 6) is 1.22. The van der Waals surface area contributed by atoms with Crippen molar-refractivity contribution in [2.45, 2.75) is 13.3 Å². The van der Waals surface area contributed by atoms with Crippen LogP contribution in [0.5, 0.6) is 0 Å². The number of carbonyl (C=O) groups is 1. The summed E-state index contributed by atoms with van der Waals surface area (Å²) < 4.78 is 1.63. The number of hydrogen-bond acceptors (Lipinski definition) is 4. The molecular formula is C16H18N6O. The van der Waals surface area contributed by atoms with Crippen LogP contribution in [0.15, 0.2) is 36.5 Å². The molecule has 7 heteroatoms. The second kappa shape index (κ2) is 6.43. The number of aromatic amines is 1. The lowest BCUT2D eigenvalue weighted by Gasteiger charge is -2.01. The highest BCUT2D eigenvalue weighted by Gasteiger charge is 2.13. The highest BCUT2D eigenvalue weighted by Crippen LogP contribution is 2.13. The van der Waals surface area contributed by atoms with Crippen LogP contribution in [-0.2, 0) is 13.5 Å². The molecule has 1 amide bonds. The van der Waals surface area contributed by atoms with Crippen molar-refractivity contribution in [2.75, 3.05) is 6.54 Å². The molecule has 0 atom stereocenters. The normalized spacial score (nSPS) is 10.7. The van der Waals surface area contributed by atoms with Crippen molar-refractivity contribution in [3.05, 3.63) is 53.6 Å². The van der Waals surface area contributed by atoms with E-state index in [1.807, 2.05) is 43.5 Å². The average Bonchev–Trinajstić information content (AvgIpc) is 3.14. The fourth-order valence-corrected chi connectivity index (χ4v) is 2.33. The Morgan fingerprint density at radius 2 is 2.09 bits per heavy atom. The van der Waals surface area contributed by atoms with Crippen molar-refractivity contribution < 1.29 is 4.79 Å². The molecule has 7 nitrogen and oxygen atoms in total. The highest BCUT2D eigenvalue weighted by atomic mass is 16.1. The second-order valence-electron chi connectivity index (χ2n) is 5.31. The first-order valence-electron chi connectivity index (χ1n) is 7.38. The van der Waals surface area contributed by atoms with Crippen LogP contribution < -0.4 is 5.32 Å². The van der Waals surface area contributed by atoms with Crippen LogP contribution in [-0.4, -0.2) is 37.4 Å². The number of nitrogens with one attached hydrogen (secondary N) is 2. The van der Waals surface area contributed by atoms with E-state index in [0.29, 0.717) is 24.5 Å². The van der Waals surface area contributed by atoms with Gasteiger partial charge in [-0.15, -0.1) is 0 Å². The van der Waals surface area contributed by atoms with E-state index in [1.165, 1.54) is 0 Å². The zero-order chi connectivity index (χ0) is 16.2. The quantitative estimate of drug-likeness (QED) is 0.747. The minimum Gasteiger partial charge on any atom is -0.350 e. The molecule has 0 spiro atoms. The van der Waals surface area contributed by atoms with Gasteiger partial charge >= 0.3 is 0 Å². The Balaban J connectivity index is 1.56. The molecule has 118 valence electrons. The van der Waals surface area contributed by atoms with Gasteiger partial charge in [-0.3, -0.25) is 14.6 Å². The van der Waals surface area contributed by atoms with Crippen LogP contribution in [0.3, 0.4) is 0 Å². The molecule has 0 aliphatic heterocycles. The number of aryl methyl sites for hydroxylation is 2. The number of carbonyl (C=O) groups excluding carboxylic acids is 1. The van der Waals surface area contributed by atoms with E-state index in [1.54, 1.807) is 11.7 Å². The maximum absolute atomic E-state index is 12.1. The predicted octanol–water partition coefficient (Wildman–Crippen LogP) is 1.49. The Bertz CT molecular complexity index is 805. The van der Waals surface area contributed by atoms with Crippen molar-refractivity contribution in [2.24, 2.45) is 7.05 Å². The number of aromatic nitrogens is 5. The van der Waals surface area contributed by atoms with E-state index in [4.69, 9.17) is 0 Å². The summed E-state index contributed by atoms with van der Waals surface area (Å²) in [5.41, 5.74) is 2.27. The number of hydrogen-bond donors (Lipinski definition) is 2. The van der Waals surface area contributed by atoms with Crippen molar-refractivity contribution in [3.8, 4) is 11.4 Å². The summed E-state index contributed by atoms with van der Waals surface area (Å²) in [6, 6.07) is 9.75. The lowest BCUT2D eigenvalue weighted by atomic mass is 10.2. The molecule has 0 bridgehead atoms. The zero-order valence-corrected chi connectivity index (χ0v) is 13.1. The van der Waals surface area contributed by atoms with Crippen LogP contribution in [0.2, 0.25) is 0 Å². The van der Waals surface area contributed by atoms with Gasteiger partial charge in [-0.05, 0) is 6.92 Å². The fourth-order valence-electron chi connectivity index (χ4n) is 2.33. The third-order valence-electron chi connectivity index (χ3n) is 3.44. The molecule has 0 saturated heterocycles. The first kappa shape index (κ1) is 15.0. The Labute approximate surface area is 133 Å². The van der Waals surface area contributed by atoms with Gasteiger partial charge in [-0.2, -0.15) is 10.2 Å². The van der Waals surface area contributed by atoms with Gasteiger partial charge in [0, 0.05) is 37.3 Å². The van der Waals surface area contributed by atoms with Crippen LogP contribution in [0.1, 0.15) is 21.9 Å². The monoisotopic (exact) mass is 310 g/mol. The van der Waals surface area contributed by atoms with E-state index in [0.717, 1.165) is 17.0 Å². The molecule has 0 aliphatic rings. The molecular weight excluding hydrogens is 292 g/mol.